The van der Waals surface area contributed by atoms with Gasteiger partial charge in [-0.1, -0.05) is 0 Å². The summed E-state index contributed by atoms with van der Waals surface area (Å²) in [6, 6.07) is 0. The van der Waals surface area contributed by atoms with Crippen LogP contribution >= 0.6 is 22.9 Å². The van der Waals surface area contributed by atoms with Crippen LogP contribution < -0.4 is 0 Å². The Morgan fingerprint density at radius 1 is 1.38 bits per heavy atom. The van der Waals surface area contributed by atoms with Gasteiger partial charge in [0, 0.05) is 11.9 Å². The highest BCUT2D eigenvalue weighted by atomic mass is 35.5. The molecule has 1 amide bonds. The van der Waals surface area contributed by atoms with Crippen LogP contribution in [0.4, 0.5) is 4.39 Å². The molecule has 0 aromatic carbocycles. The lowest BCUT2D eigenvalue weighted by molar-refractivity contribution is -0.00241. The van der Waals surface area contributed by atoms with Crippen molar-refractivity contribution in [2.75, 3.05) is 7.05 Å². The van der Waals surface area contributed by atoms with Crippen molar-refractivity contribution in [2.24, 2.45) is 5.41 Å². The first-order chi connectivity index (χ1) is 11.4. The molecule has 2 saturated carbocycles. The second-order valence-electron chi connectivity index (χ2n) is 7.35. The summed E-state index contributed by atoms with van der Waals surface area (Å²) in [7, 11) is 1.89. The summed E-state index contributed by atoms with van der Waals surface area (Å²) < 4.78 is 14.2. The molecule has 0 unspecified atom stereocenters. The number of rotatable bonds is 1. The van der Waals surface area contributed by atoms with Crippen LogP contribution in [0.1, 0.15) is 46.5 Å². The second-order valence-corrected chi connectivity index (χ2v) is 8.70. The molecule has 0 N–H and O–H groups in total. The first-order valence-electron chi connectivity index (χ1n) is 7.97. The van der Waals surface area contributed by atoms with E-state index in [1.54, 1.807) is 0 Å². The minimum Gasteiger partial charge on any atom is -0.331 e. The predicted molar refractivity (Wildman–Crippen MR) is 89.7 cm³/mol. The normalized spacial score (nSPS) is 22.2. The molecule has 2 aromatic rings. The van der Waals surface area contributed by atoms with Crippen LogP contribution in [0.3, 0.4) is 0 Å². The molecule has 5 rings (SSSR count). The predicted octanol–water partition coefficient (Wildman–Crippen LogP) is 4.16. The number of hydrogen-bond acceptors (Lipinski definition) is 4. The fourth-order valence-corrected chi connectivity index (χ4v) is 6.11. The zero-order valence-electron chi connectivity index (χ0n) is 13.3. The number of carbonyl (C=O) groups is 1. The van der Waals surface area contributed by atoms with Gasteiger partial charge in [-0.2, -0.15) is 0 Å². The van der Waals surface area contributed by atoms with E-state index >= 15 is 0 Å². The van der Waals surface area contributed by atoms with Crippen LogP contribution in [0.5, 0.6) is 0 Å². The summed E-state index contributed by atoms with van der Waals surface area (Å²) in [5.41, 5.74) is 2.00. The van der Waals surface area contributed by atoms with Gasteiger partial charge in [-0.3, -0.25) is 4.79 Å². The molecule has 2 aliphatic carbocycles. The van der Waals surface area contributed by atoms with Gasteiger partial charge in [0.25, 0.3) is 5.91 Å². The molecule has 3 heterocycles. The van der Waals surface area contributed by atoms with Crippen LogP contribution in [0.25, 0.3) is 10.6 Å². The molecule has 0 bridgehead atoms. The molecule has 7 heteroatoms. The van der Waals surface area contributed by atoms with E-state index < -0.39 is 5.82 Å². The molecule has 24 heavy (non-hydrogen) atoms. The van der Waals surface area contributed by atoms with Crippen molar-refractivity contribution in [3.63, 3.8) is 0 Å². The summed E-state index contributed by atoms with van der Waals surface area (Å²) in [5, 5.41) is 0.0121. The summed E-state index contributed by atoms with van der Waals surface area (Å²) in [6.07, 6.45) is 5.67. The summed E-state index contributed by atoms with van der Waals surface area (Å²) in [6.45, 7) is 1.87. The average molecular weight is 364 g/mol. The standard InChI is InChI=1S/C17H15ClFN3OS/c1-8-10-13(24-12(8)11-9(19)5-20-15(18)21-11)17(22(2)14(10)23)6-16(7-17)3-4-16/h5H,3-4,6-7H2,1-2H3. The largest absolute Gasteiger partial charge is 0.331 e. The number of fused-ring (bicyclic) bond motifs is 2. The maximum Gasteiger partial charge on any atom is 0.255 e. The number of thiophene rings is 1. The third-order valence-corrected chi connectivity index (χ3v) is 7.63. The lowest BCUT2D eigenvalue weighted by atomic mass is 9.64. The van der Waals surface area contributed by atoms with E-state index in [-0.39, 0.29) is 22.4 Å². The molecule has 0 radical (unpaired) electrons. The highest BCUT2D eigenvalue weighted by Gasteiger charge is 2.67. The number of aromatic nitrogens is 2. The maximum atomic E-state index is 14.2. The maximum absolute atomic E-state index is 14.2. The van der Waals surface area contributed by atoms with Gasteiger partial charge in [0.05, 0.1) is 22.2 Å². The van der Waals surface area contributed by atoms with E-state index in [2.05, 4.69) is 9.97 Å². The Morgan fingerprint density at radius 2 is 2.08 bits per heavy atom. The Kier molecular flexibility index (Phi) is 2.68. The molecule has 0 atom stereocenters. The van der Waals surface area contributed by atoms with Gasteiger partial charge in [0.15, 0.2) is 5.82 Å². The van der Waals surface area contributed by atoms with Crippen LogP contribution in [0, 0.1) is 18.2 Å². The van der Waals surface area contributed by atoms with Gasteiger partial charge >= 0.3 is 0 Å². The highest BCUT2D eigenvalue weighted by Crippen LogP contribution is 2.72. The molecule has 124 valence electrons. The van der Waals surface area contributed by atoms with Gasteiger partial charge in [-0.25, -0.2) is 14.4 Å². The SMILES string of the molecule is Cc1c(-c2nc(Cl)ncc2F)sc2c1C(=O)N(C)C21CC2(CC2)C1. The van der Waals surface area contributed by atoms with Crippen molar-refractivity contribution in [1.82, 2.24) is 14.9 Å². The first-order valence-corrected chi connectivity index (χ1v) is 9.17. The Morgan fingerprint density at radius 3 is 2.75 bits per heavy atom. The molecule has 0 saturated heterocycles. The topological polar surface area (TPSA) is 46.1 Å². The lowest BCUT2D eigenvalue weighted by Crippen LogP contribution is -2.51. The molecular weight excluding hydrogens is 349 g/mol. The van der Waals surface area contributed by atoms with Crippen molar-refractivity contribution >= 4 is 28.8 Å². The van der Waals surface area contributed by atoms with Gasteiger partial charge in [0.2, 0.25) is 5.28 Å². The Balaban J connectivity index is 1.68. The molecule has 2 fully saturated rings. The molecular formula is C17H15ClFN3OS. The van der Waals surface area contributed by atoms with Gasteiger partial charge < -0.3 is 4.90 Å². The van der Waals surface area contributed by atoms with Crippen molar-refractivity contribution in [3.8, 4) is 10.6 Å². The Labute approximate surface area is 147 Å². The Bertz CT molecular complexity index is 913. The fraction of sp³-hybridized carbons (Fsp3) is 0.471. The number of nitrogens with zero attached hydrogens (tertiary/aromatic N) is 3. The number of amides is 1. The summed E-state index contributed by atoms with van der Waals surface area (Å²) in [4.78, 5) is 24.2. The molecule has 4 nitrogen and oxygen atoms in total. The summed E-state index contributed by atoms with van der Waals surface area (Å²) >= 11 is 7.34. The first kappa shape index (κ1) is 14.8. The minimum atomic E-state index is -0.510. The monoisotopic (exact) mass is 363 g/mol. The molecule has 1 aliphatic heterocycles. The van der Waals surface area contributed by atoms with E-state index in [9.17, 15) is 9.18 Å². The minimum absolute atomic E-state index is 0.0121. The number of halogens is 2. The van der Waals surface area contributed by atoms with Crippen LogP contribution in [0.2, 0.25) is 5.28 Å². The van der Waals surface area contributed by atoms with E-state index in [0.717, 1.165) is 35.0 Å². The van der Waals surface area contributed by atoms with E-state index in [0.29, 0.717) is 10.3 Å². The average Bonchev–Trinajstić information content (AvgIpc) is 3.19. The van der Waals surface area contributed by atoms with Crippen LogP contribution in [-0.4, -0.2) is 27.8 Å². The third kappa shape index (κ3) is 1.66. The zero-order valence-corrected chi connectivity index (χ0v) is 14.9. The highest BCUT2D eigenvalue weighted by molar-refractivity contribution is 7.16. The van der Waals surface area contributed by atoms with Crippen molar-refractivity contribution in [3.05, 3.63) is 33.3 Å². The van der Waals surface area contributed by atoms with Crippen LogP contribution in [-0.2, 0) is 5.54 Å². The van der Waals surface area contributed by atoms with Crippen molar-refractivity contribution < 1.29 is 9.18 Å². The number of carbonyl (C=O) groups excluding carboxylic acids is 1. The third-order valence-electron chi connectivity index (χ3n) is 5.95. The molecule has 2 spiro atoms. The summed E-state index contributed by atoms with van der Waals surface area (Å²) in [5.74, 6) is -0.467. The lowest BCUT2D eigenvalue weighted by Gasteiger charge is -2.50. The van der Waals surface area contributed by atoms with Gasteiger partial charge in [0.1, 0.15) is 5.69 Å². The number of hydrogen-bond donors (Lipinski definition) is 0. The van der Waals surface area contributed by atoms with Crippen LogP contribution in [0.15, 0.2) is 6.20 Å². The molecule has 2 aromatic heterocycles. The van der Waals surface area contributed by atoms with Gasteiger partial charge in [-0.05, 0) is 55.2 Å². The Hall–Kier alpha value is -1.53. The second kappa shape index (κ2) is 4.35. The zero-order chi connectivity index (χ0) is 16.9. The quantitative estimate of drug-likeness (QED) is 0.715. The van der Waals surface area contributed by atoms with Gasteiger partial charge in [-0.15, -0.1) is 11.3 Å². The van der Waals surface area contributed by atoms with E-state index in [1.165, 1.54) is 24.2 Å². The smallest absolute Gasteiger partial charge is 0.255 e. The fourth-order valence-electron chi connectivity index (χ4n) is 4.46. The van der Waals surface area contributed by atoms with E-state index in [4.69, 9.17) is 11.6 Å². The van der Waals surface area contributed by atoms with E-state index in [1.807, 2.05) is 18.9 Å². The van der Waals surface area contributed by atoms with Crippen molar-refractivity contribution in [1.29, 1.82) is 0 Å². The molecule has 3 aliphatic rings. The van der Waals surface area contributed by atoms with Crippen molar-refractivity contribution in [2.45, 2.75) is 38.1 Å².